The average Bonchev–Trinajstić information content (AvgIpc) is 3.43. The van der Waals surface area contributed by atoms with Crippen molar-refractivity contribution in [1.29, 1.82) is 0 Å². The van der Waals surface area contributed by atoms with E-state index in [1.54, 1.807) is 18.0 Å². The number of hydrogen-bond donors (Lipinski definition) is 1. The number of para-hydroxylation sites is 1. The van der Waals surface area contributed by atoms with Gasteiger partial charge in [0.25, 0.3) is 5.91 Å². The second-order valence-electron chi connectivity index (χ2n) is 6.75. The van der Waals surface area contributed by atoms with E-state index in [0.717, 1.165) is 36.4 Å². The maximum atomic E-state index is 12.9. The molecule has 1 atom stereocenters. The van der Waals surface area contributed by atoms with Gasteiger partial charge in [0, 0.05) is 24.9 Å². The fourth-order valence-corrected chi connectivity index (χ4v) is 3.32. The number of ether oxygens (including phenoxy) is 2. The number of carbonyl (C=O) groups is 1. The molecule has 1 amide bonds. The lowest BCUT2D eigenvalue weighted by atomic mass is 10.1. The SMILES string of the molecule is COc1ccc(-c2nn(-c3ccccc3)cc2C(=O)NCC2CCCO2)cc1. The highest BCUT2D eigenvalue weighted by Gasteiger charge is 2.21. The van der Waals surface area contributed by atoms with Crippen molar-refractivity contribution in [3.63, 3.8) is 0 Å². The largest absolute Gasteiger partial charge is 0.497 e. The van der Waals surface area contributed by atoms with E-state index in [4.69, 9.17) is 14.6 Å². The van der Waals surface area contributed by atoms with Gasteiger partial charge in [-0.05, 0) is 49.2 Å². The van der Waals surface area contributed by atoms with Crippen molar-refractivity contribution in [3.8, 4) is 22.7 Å². The molecule has 1 N–H and O–H groups in total. The Kier molecular flexibility index (Phi) is 5.39. The number of methoxy groups -OCH3 is 1. The summed E-state index contributed by atoms with van der Waals surface area (Å²) in [6.45, 7) is 1.28. The molecular formula is C22H23N3O3. The lowest BCUT2D eigenvalue weighted by Gasteiger charge is -2.10. The molecule has 6 heteroatoms. The van der Waals surface area contributed by atoms with Gasteiger partial charge in [-0.15, -0.1) is 0 Å². The third-order valence-electron chi connectivity index (χ3n) is 4.86. The zero-order chi connectivity index (χ0) is 19.3. The summed E-state index contributed by atoms with van der Waals surface area (Å²) >= 11 is 0. The van der Waals surface area contributed by atoms with Crippen molar-refractivity contribution < 1.29 is 14.3 Å². The first kappa shape index (κ1) is 18.3. The molecule has 144 valence electrons. The van der Waals surface area contributed by atoms with Gasteiger partial charge in [0.1, 0.15) is 11.4 Å². The Labute approximate surface area is 164 Å². The molecule has 0 aliphatic carbocycles. The summed E-state index contributed by atoms with van der Waals surface area (Å²) in [6, 6.07) is 17.3. The molecular weight excluding hydrogens is 354 g/mol. The van der Waals surface area contributed by atoms with Crippen molar-refractivity contribution in [3.05, 3.63) is 66.4 Å². The minimum atomic E-state index is -0.150. The normalized spacial score (nSPS) is 16.1. The van der Waals surface area contributed by atoms with Crippen LogP contribution in [-0.2, 0) is 4.74 Å². The van der Waals surface area contributed by atoms with Gasteiger partial charge in [-0.25, -0.2) is 4.68 Å². The molecule has 1 aromatic heterocycles. The summed E-state index contributed by atoms with van der Waals surface area (Å²) in [4.78, 5) is 12.9. The Morgan fingerprint density at radius 1 is 1.21 bits per heavy atom. The van der Waals surface area contributed by atoms with Crippen LogP contribution in [0.1, 0.15) is 23.2 Å². The van der Waals surface area contributed by atoms with Gasteiger partial charge in [0.2, 0.25) is 0 Å². The van der Waals surface area contributed by atoms with E-state index in [-0.39, 0.29) is 12.0 Å². The highest BCUT2D eigenvalue weighted by Crippen LogP contribution is 2.26. The summed E-state index contributed by atoms with van der Waals surface area (Å²) in [7, 11) is 1.63. The molecule has 1 unspecified atom stereocenters. The zero-order valence-corrected chi connectivity index (χ0v) is 15.8. The number of carbonyl (C=O) groups excluding carboxylic acids is 1. The number of nitrogens with one attached hydrogen (secondary N) is 1. The van der Waals surface area contributed by atoms with Gasteiger partial charge in [-0.1, -0.05) is 18.2 Å². The maximum absolute atomic E-state index is 12.9. The number of amides is 1. The first-order valence-electron chi connectivity index (χ1n) is 9.44. The second-order valence-corrected chi connectivity index (χ2v) is 6.75. The van der Waals surface area contributed by atoms with E-state index in [9.17, 15) is 4.79 Å². The molecule has 1 fully saturated rings. The molecule has 0 spiro atoms. The Balaban J connectivity index is 1.65. The Bertz CT molecular complexity index is 929. The van der Waals surface area contributed by atoms with Gasteiger partial charge >= 0.3 is 0 Å². The van der Waals surface area contributed by atoms with E-state index < -0.39 is 0 Å². The number of benzene rings is 2. The van der Waals surface area contributed by atoms with E-state index in [1.165, 1.54) is 0 Å². The topological polar surface area (TPSA) is 65.4 Å². The lowest BCUT2D eigenvalue weighted by Crippen LogP contribution is -2.31. The number of nitrogens with zero attached hydrogens (tertiary/aromatic N) is 2. The maximum Gasteiger partial charge on any atom is 0.255 e. The third-order valence-corrected chi connectivity index (χ3v) is 4.86. The van der Waals surface area contributed by atoms with E-state index in [2.05, 4.69) is 5.32 Å². The third kappa shape index (κ3) is 3.92. The summed E-state index contributed by atoms with van der Waals surface area (Å²) < 4.78 is 12.6. The monoisotopic (exact) mass is 377 g/mol. The van der Waals surface area contributed by atoms with Gasteiger partial charge in [0.15, 0.2) is 0 Å². The van der Waals surface area contributed by atoms with E-state index >= 15 is 0 Å². The van der Waals surface area contributed by atoms with Crippen LogP contribution in [-0.4, -0.2) is 42.1 Å². The van der Waals surface area contributed by atoms with Crippen molar-refractivity contribution in [1.82, 2.24) is 15.1 Å². The Hall–Kier alpha value is -3.12. The van der Waals surface area contributed by atoms with Crippen LogP contribution in [0.4, 0.5) is 0 Å². The highest BCUT2D eigenvalue weighted by molar-refractivity contribution is 6.00. The van der Waals surface area contributed by atoms with Crippen LogP contribution in [0.5, 0.6) is 5.75 Å². The fourth-order valence-electron chi connectivity index (χ4n) is 3.32. The van der Waals surface area contributed by atoms with E-state index in [1.807, 2.05) is 54.6 Å². The summed E-state index contributed by atoms with van der Waals surface area (Å²) in [5.74, 6) is 0.610. The highest BCUT2D eigenvalue weighted by atomic mass is 16.5. The van der Waals surface area contributed by atoms with Crippen LogP contribution in [0.2, 0.25) is 0 Å². The van der Waals surface area contributed by atoms with Crippen molar-refractivity contribution in [2.45, 2.75) is 18.9 Å². The van der Waals surface area contributed by atoms with Crippen LogP contribution in [0, 0.1) is 0 Å². The Morgan fingerprint density at radius 3 is 2.68 bits per heavy atom. The number of rotatable bonds is 6. The number of hydrogen-bond acceptors (Lipinski definition) is 4. The molecule has 4 rings (SSSR count). The molecule has 2 aromatic carbocycles. The molecule has 1 aliphatic heterocycles. The predicted octanol–water partition coefficient (Wildman–Crippen LogP) is 3.46. The molecule has 28 heavy (non-hydrogen) atoms. The summed E-state index contributed by atoms with van der Waals surface area (Å²) in [5, 5.41) is 7.69. The van der Waals surface area contributed by atoms with Gasteiger partial charge in [-0.3, -0.25) is 4.79 Å². The summed E-state index contributed by atoms with van der Waals surface area (Å²) in [6.07, 6.45) is 3.90. The van der Waals surface area contributed by atoms with E-state index in [0.29, 0.717) is 17.8 Å². The molecule has 0 radical (unpaired) electrons. The minimum absolute atomic E-state index is 0.0950. The molecule has 1 aliphatic rings. The quantitative estimate of drug-likeness (QED) is 0.715. The van der Waals surface area contributed by atoms with Crippen molar-refractivity contribution in [2.75, 3.05) is 20.3 Å². The molecule has 0 saturated carbocycles. The second kappa shape index (κ2) is 8.27. The standard InChI is InChI=1S/C22H23N3O3/c1-27-18-11-9-16(10-12-18)21-20(22(26)23-14-19-8-5-13-28-19)15-25(24-21)17-6-3-2-4-7-17/h2-4,6-7,9-12,15,19H,5,8,13-14H2,1H3,(H,23,26). The minimum Gasteiger partial charge on any atom is -0.497 e. The molecule has 1 saturated heterocycles. The van der Waals surface area contributed by atoms with Crippen molar-refractivity contribution in [2.24, 2.45) is 0 Å². The van der Waals surface area contributed by atoms with Crippen LogP contribution >= 0.6 is 0 Å². The first-order chi connectivity index (χ1) is 13.7. The Morgan fingerprint density at radius 2 is 2.00 bits per heavy atom. The first-order valence-corrected chi connectivity index (χ1v) is 9.44. The van der Waals surface area contributed by atoms with Gasteiger partial charge < -0.3 is 14.8 Å². The van der Waals surface area contributed by atoms with Gasteiger partial charge in [-0.2, -0.15) is 5.10 Å². The molecule has 0 bridgehead atoms. The van der Waals surface area contributed by atoms with Gasteiger partial charge in [0.05, 0.1) is 24.5 Å². The van der Waals surface area contributed by atoms with Crippen LogP contribution in [0.15, 0.2) is 60.8 Å². The lowest BCUT2D eigenvalue weighted by molar-refractivity contribution is 0.0858. The zero-order valence-electron chi connectivity index (χ0n) is 15.8. The predicted molar refractivity (Wildman–Crippen MR) is 107 cm³/mol. The fraction of sp³-hybridized carbons (Fsp3) is 0.273. The average molecular weight is 377 g/mol. The van der Waals surface area contributed by atoms with Crippen LogP contribution in [0.3, 0.4) is 0 Å². The van der Waals surface area contributed by atoms with Crippen molar-refractivity contribution >= 4 is 5.91 Å². The van der Waals surface area contributed by atoms with Crippen LogP contribution < -0.4 is 10.1 Å². The molecule has 6 nitrogen and oxygen atoms in total. The molecule has 3 aromatic rings. The summed E-state index contributed by atoms with van der Waals surface area (Å²) in [5.41, 5.74) is 2.93. The van der Waals surface area contributed by atoms with Crippen LogP contribution in [0.25, 0.3) is 16.9 Å². The smallest absolute Gasteiger partial charge is 0.255 e. The number of aromatic nitrogens is 2. The molecule has 2 heterocycles.